The van der Waals surface area contributed by atoms with Gasteiger partial charge in [0.1, 0.15) is 11.6 Å². The van der Waals surface area contributed by atoms with Crippen molar-refractivity contribution in [2.45, 2.75) is 12.8 Å². The van der Waals surface area contributed by atoms with Crippen LogP contribution < -0.4 is 0 Å². The SMILES string of the molecule is CC(c1ccccc1F)c1ccccc1F. The maximum atomic E-state index is 13.5. The van der Waals surface area contributed by atoms with Gasteiger partial charge in [-0.2, -0.15) is 0 Å². The third kappa shape index (κ3) is 1.96. The van der Waals surface area contributed by atoms with Crippen LogP contribution in [-0.2, 0) is 0 Å². The first-order chi connectivity index (χ1) is 7.70. The zero-order valence-electron chi connectivity index (χ0n) is 8.95. The molecule has 0 nitrogen and oxygen atoms in total. The van der Waals surface area contributed by atoms with Crippen molar-refractivity contribution >= 4 is 0 Å². The van der Waals surface area contributed by atoms with Crippen LogP contribution in [0.1, 0.15) is 24.0 Å². The molecule has 82 valence electrons. The minimum absolute atomic E-state index is 0.276. The minimum Gasteiger partial charge on any atom is -0.207 e. The van der Waals surface area contributed by atoms with Crippen molar-refractivity contribution in [1.29, 1.82) is 0 Å². The van der Waals surface area contributed by atoms with Gasteiger partial charge in [0.25, 0.3) is 0 Å². The summed E-state index contributed by atoms with van der Waals surface area (Å²) >= 11 is 0. The van der Waals surface area contributed by atoms with Crippen LogP contribution in [-0.4, -0.2) is 0 Å². The summed E-state index contributed by atoms with van der Waals surface area (Å²) in [6, 6.07) is 12.9. The second-order valence-corrected chi connectivity index (χ2v) is 3.76. The van der Waals surface area contributed by atoms with E-state index in [2.05, 4.69) is 0 Å². The predicted octanol–water partition coefficient (Wildman–Crippen LogP) is 4.12. The average Bonchev–Trinajstić information content (AvgIpc) is 2.29. The fourth-order valence-corrected chi connectivity index (χ4v) is 1.82. The summed E-state index contributed by atoms with van der Waals surface area (Å²) < 4.78 is 27.1. The summed E-state index contributed by atoms with van der Waals surface area (Å²) in [7, 11) is 0. The van der Waals surface area contributed by atoms with Crippen molar-refractivity contribution in [2.24, 2.45) is 0 Å². The Morgan fingerprint density at radius 2 is 1.12 bits per heavy atom. The van der Waals surface area contributed by atoms with Crippen LogP contribution in [0.2, 0.25) is 0 Å². The molecule has 0 saturated heterocycles. The lowest BCUT2D eigenvalue weighted by Crippen LogP contribution is -2.01. The Kier molecular flexibility index (Phi) is 3.00. The molecule has 0 saturated carbocycles. The smallest absolute Gasteiger partial charge is 0.127 e. The Hall–Kier alpha value is -1.70. The molecule has 0 heterocycles. The Labute approximate surface area is 93.5 Å². The first-order valence-corrected chi connectivity index (χ1v) is 5.19. The van der Waals surface area contributed by atoms with E-state index >= 15 is 0 Å². The van der Waals surface area contributed by atoms with Crippen LogP contribution in [0.15, 0.2) is 48.5 Å². The quantitative estimate of drug-likeness (QED) is 0.711. The van der Waals surface area contributed by atoms with E-state index in [1.807, 2.05) is 0 Å². The van der Waals surface area contributed by atoms with Gasteiger partial charge in [0.2, 0.25) is 0 Å². The van der Waals surface area contributed by atoms with E-state index in [0.717, 1.165) is 0 Å². The standard InChI is InChI=1S/C14H12F2/c1-10(11-6-2-4-8-13(11)15)12-7-3-5-9-14(12)16/h2-10H,1H3. The maximum Gasteiger partial charge on any atom is 0.127 e. The minimum atomic E-state index is -0.293. The molecule has 0 amide bonds. The van der Waals surface area contributed by atoms with Crippen molar-refractivity contribution in [3.05, 3.63) is 71.3 Å². The van der Waals surface area contributed by atoms with Crippen molar-refractivity contribution in [1.82, 2.24) is 0 Å². The van der Waals surface area contributed by atoms with Crippen LogP contribution in [0.5, 0.6) is 0 Å². The second kappa shape index (κ2) is 4.44. The van der Waals surface area contributed by atoms with Gasteiger partial charge in [-0.05, 0) is 23.3 Å². The van der Waals surface area contributed by atoms with E-state index in [1.54, 1.807) is 43.3 Å². The lowest BCUT2D eigenvalue weighted by Gasteiger charge is -2.13. The van der Waals surface area contributed by atoms with Crippen LogP contribution in [0.4, 0.5) is 8.78 Å². The van der Waals surface area contributed by atoms with Gasteiger partial charge >= 0.3 is 0 Å². The highest BCUT2D eigenvalue weighted by Crippen LogP contribution is 2.27. The molecule has 0 aliphatic rings. The number of rotatable bonds is 2. The number of halogens is 2. The van der Waals surface area contributed by atoms with E-state index in [0.29, 0.717) is 11.1 Å². The fraction of sp³-hybridized carbons (Fsp3) is 0.143. The number of hydrogen-bond donors (Lipinski definition) is 0. The monoisotopic (exact) mass is 218 g/mol. The van der Waals surface area contributed by atoms with E-state index in [4.69, 9.17) is 0 Å². The van der Waals surface area contributed by atoms with E-state index in [1.165, 1.54) is 12.1 Å². The van der Waals surface area contributed by atoms with Gasteiger partial charge in [0, 0.05) is 5.92 Å². The molecule has 2 rings (SSSR count). The number of benzene rings is 2. The van der Waals surface area contributed by atoms with Gasteiger partial charge in [0.15, 0.2) is 0 Å². The van der Waals surface area contributed by atoms with Gasteiger partial charge in [-0.3, -0.25) is 0 Å². The predicted molar refractivity (Wildman–Crippen MR) is 60.3 cm³/mol. The maximum absolute atomic E-state index is 13.5. The lowest BCUT2D eigenvalue weighted by molar-refractivity contribution is 0.581. The zero-order valence-corrected chi connectivity index (χ0v) is 8.95. The zero-order chi connectivity index (χ0) is 11.5. The lowest BCUT2D eigenvalue weighted by atomic mass is 9.92. The summed E-state index contributed by atoms with van der Waals surface area (Å²) in [5.74, 6) is -0.862. The van der Waals surface area contributed by atoms with Crippen molar-refractivity contribution < 1.29 is 8.78 Å². The molecule has 2 heteroatoms. The Morgan fingerprint density at radius 3 is 1.50 bits per heavy atom. The Bertz CT molecular complexity index is 446. The molecule has 0 radical (unpaired) electrons. The molecule has 0 aliphatic heterocycles. The van der Waals surface area contributed by atoms with Crippen molar-refractivity contribution in [3.63, 3.8) is 0 Å². The van der Waals surface area contributed by atoms with Gasteiger partial charge in [-0.1, -0.05) is 43.3 Å². The van der Waals surface area contributed by atoms with E-state index < -0.39 is 0 Å². The van der Waals surface area contributed by atoms with Crippen LogP contribution in [0, 0.1) is 11.6 Å². The summed E-state index contributed by atoms with van der Waals surface area (Å²) in [6.45, 7) is 1.80. The largest absolute Gasteiger partial charge is 0.207 e. The van der Waals surface area contributed by atoms with E-state index in [9.17, 15) is 8.78 Å². The van der Waals surface area contributed by atoms with Crippen LogP contribution in [0.3, 0.4) is 0 Å². The van der Waals surface area contributed by atoms with Crippen molar-refractivity contribution in [2.75, 3.05) is 0 Å². The third-order valence-electron chi connectivity index (χ3n) is 2.74. The molecule has 0 fully saturated rings. The van der Waals surface area contributed by atoms with Crippen LogP contribution >= 0.6 is 0 Å². The average molecular weight is 218 g/mol. The van der Waals surface area contributed by atoms with Gasteiger partial charge in [0.05, 0.1) is 0 Å². The molecule has 16 heavy (non-hydrogen) atoms. The Morgan fingerprint density at radius 1 is 0.750 bits per heavy atom. The van der Waals surface area contributed by atoms with Gasteiger partial charge in [-0.15, -0.1) is 0 Å². The molecule has 2 aromatic rings. The molecule has 0 aliphatic carbocycles. The normalized spacial score (nSPS) is 10.8. The van der Waals surface area contributed by atoms with Crippen molar-refractivity contribution in [3.8, 4) is 0 Å². The molecule has 0 aromatic heterocycles. The highest BCUT2D eigenvalue weighted by Gasteiger charge is 2.15. The van der Waals surface area contributed by atoms with Gasteiger partial charge in [-0.25, -0.2) is 8.78 Å². The molecule has 0 spiro atoms. The fourth-order valence-electron chi connectivity index (χ4n) is 1.82. The summed E-state index contributed by atoms with van der Waals surface area (Å²) in [5, 5.41) is 0. The van der Waals surface area contributed by atoms with E-state index in [-0.39, 0.29) is 17.6 Å². The van der Waals surface area contributed by atoms with Gasteiger partial charge < -0.3 is 0 Å². The molecule has 0 bridgehead atoms. The summed E-state index contributed by atoms with van der Waals surface area (Å²) in [6.07, 6.45) is 0. The summed E-state index contributed by atoms with van der Waals surface area (Å²) in [5.41, 5.74) is 1.04. The molecule has 0 unspecified atom stereocenters. The topological polar surface area (TPSA) is 0 Å². The highest BCUT2D eigenvalue weighted by atomic mass is 19.1. The second-order valence-electron chi connectivity index (χ2n) is 3.76. The molecule has 0 N–H and O–H groups in total. The Balaban J connectivity index is 2.44. The molecular formula is C14H12F2. The molecule has 2 aromatic carbocycles. The highest BCUT2D eigenvalue weighted by molar-refractivity contribution is 5.33. The van der Waals surface area contributed by atoms with Crippen LogP contribution in [0.25, 0.3) is 0 Å². The summed E-state index contributed by atoms with van der Waals surface area (Å²) in [4.78, 5) is 0. The molecule has 0 atom stereocenters. The first kappa shape index (κ1) is 10.8. The molecular weight excluding hydrogens is 206 g/mol. The number of hydrogen-bond acceptors (Lipinski definition) is 0. The third-order valence-corrected chi connectivity index (χ3v) is 2.74. The first-order valence-electron chi connectivity index (χ1n) is 5.19.